The average Bonchev–Trinajstić information content (AvgIpc) is 3.06. The number of halogens is 6. The Hall–Kier alpha value is -1.32. The Morgan fingerprint density at radius 3 is 2.65 bits per heavy atom. The third-order valence-corrected chi connectivity index (χ3v) is 3.69. The van der Waals surface area contributed by atoms with Crippen LogP contribution in [0.3, 0.4) is 0 Å². The van der Waals surface area contributed by atoms with Gasteiger partial charge < -0.3 is 15.4 Å². The van der Waals surface area contributed by atoms with Gasteiger partial charge in [-0.1, -0.05) is 0 Å². The zero-order chi connectivity index (χ0) is 17.6. The van der Waals surface area contributed by atoms with Gasteiger partial charge in [0.25, 0.3) is 0 Å². The summed E-state index contributed by atoms with van der Waals surface area (Å²) in [4.78, 5) is 15.5. The molecule has 26 heavy (non-hydrogen) atoms. The lowest BCUT2D eigenvalue weighted by molar-refractivity contribution is -0.148. The second kappa shape index (κ2) is 11.4. The minimum atomic E-state index is -4.23. The maximum atomic E-state index is 12.7. The number of nitrogens with zero attached hydrogens (tertiary/aromatic N) is 1. The Morgan fingerprint density at radius 1 is 1.38 bits per heavy atom. The molecule has 11 heteroatoms. The van der Waals surface area contributed by atoms with E-state index in [4.69, 9.17) is 0 Å². The number of pyridine rings is 1. The standard InChI is InChI=1S/C15H19F4N3O2.2ClH/c16-14(17)15(18,19)9-24-13-4-2-11(8-21-13)22-12(23)3-1-10-5-6-20-7-10;;/h2,4,8,10,14,20H,1,3,5-7,9H2,(H,22,23);2*1H. The molecule has 2 rings (SSSR count). The van der Waals surface area contributed by atoms with Crippen molar-refractivity contribution < 1.29 is 27.1 Å². The minimum Gasteiger partial charge on any atom is -0.471 e. The number of anilines is 1. The third-order valence-electron chi connectivity index (χ3n) is 3.69. The number of carbonyl (C=O) groups excluding carboxylic acids is 1. The van der Waals surface area contributed by atoms with Gasteiger partial charge in [-0.15, -0.1) is 24.8 Å². The highest BCUT2D eigenvalue weighted by atomic mass is 35.5. The van der Waals surface area contributed by atoms with Crippen LogP contribution in [0.4, 0.5) is 23.2 Å². The number of amides is 1. The van der Waals surface area contributed by atoms with Gasteiger partial charge in [0.2, 0.25) is 11.8 Å². The summed E-state index contributed by atoms with van der Waals surface area (Å²) >= 11 is 0. The SMILES string of the molecule is Cl.Cl.O=C(CCC1CCNC1)Nc1ccc(OCC(F)(F)C(F)F)nc1. The van der Waals surface area contributed by atoms with E-state index in [2.05, 4.69) is 20.4 Å². The van der Waals surface area contributed by atoms with E-state index in [0.717, 1.165) is 25.9 Å². The van der Waals surface area contributed by atoms with Crippen LogP contribution in [-0.2, 0) is 4.79 Å². The van der Waals surface area contributed by atoms with Crippen molar-refractivity contribution in [3.05, 3.63) is 18.3 Å². The number of aromatic nitrogens is 1. The van der Waals surface area contributed by atoms with Gasteiger partial charge in [-0.05, 0) is 37.9 Å². The van der Waals surface area contributed by atoms with Crippen molar-refractivity contribution >= 4 is 36.4 Å². The molecule has 1 fully saturated rings. The molecule has 0 saturated carbocycles. The van der Waals surface area contributed by atoms with E-state index in [1.165, 1.54) is 18.3 Å². The highest BCUT2D eigenvalue weighted by molar-refractivity contribution is 5.90. The summed E-state index contributed by atoms with van der Waals surface area (Å²) in [6, 6.07) is 2.65. The van der Waals surface area contributed by atoms with E-state index in [1.807, 2.05) is 0 Å². The molecule has 2 N–H and O–H groups in total. The highest BCUT2D eigenvalue weighted by Crippen LogP contribution is 2.24. The smallest absolute Gasteiger partial charge is 0.340 e. The maximum Gasteiger partial charge on any atom is 0.340 e. The number of rotatable bonds is 8. The molecule has 1 aromatic rings. The zero-order valence-electron chi connectivity index (χ0n) is 13.7. The topological polar surface area (TPSA) is 63.2 Å². The lowest BCUT2D eigenvalue weighted by Gasteiger charge is -2.15. The van der Waals surface area contributed by atoms with Gasteiger partial charge in [-0.25, -0.2) is 13.8 Å². The Labute approximate surface area is 161 Å². The Kier molecular flexibility index (Phi) is 10.8. The van der Waals surface area contributed by atoms with Crippen LogP contribution in [0.2, 0.25) is 0 Å². The maximum absolute atomic E-state index is 12.7. The number of hydrogen-bond acceptors (Lipinski definition) is 4. The third kappa shape index (κ3) is 7.92. The van der Waals surface area contributed by atoms with E-state index < -0.39 is 19.0 Å². The van der Waals surface area contributed by atoms with Crippen molar-refractivity contribution in [1.82, 2.24) is 10.3 Å². The van der Waals surface area contributed by atoms with Crippen molar-refractivity contribution in [2.75, 3.05) is 25.0 Å². The van der Waals surface area contributed by atoms with Crippen molar-refractivity contribution in [1.29, 1.82) is 0 Å². The number of alkyl halides is 4. The zero-order valence-corrected chi connectivity index (χ0v) is 15.4. The molecule has 1 unspecified atom stereocenters. The van der Waals surface area contributed by atoms with Gasteiger partial charge in [0.15, 0.2) is 6.61 Å². The van der Waals surface area contributed by atoms with Gasteiger partial charge in [0, 0.05) is 12.5 Å². The fourth-order valence-corrected chi connectivity index (χ4v) is 2.29. The number of hydrogen-bond donors (Lipinski definition) is 2. The van der Waals surface area contributed by atoms with Gasteiger partial charge in [-0.2, -0.15) is 8.78 Å². The van der Waals surface area contributed by atoms with E-state index in [0.29, 0.717) is 18.0 Å². The van der Waals surface area contributed by atoms with Gasteiger partial charge in [0.05, 0.1) is 11.9 Å². The summed E-state index contributed by atoms with van der Waals surface area (Å²) in [6.45, 7) is 0.436. The minimum absolute atomic E-state index is 0. The van der Waals surface area contributed by atoms with Crippen LogP contribution in [0.1, 0.15) is 19.3 Å². The molecule has 2 heterocycles. The highest BCUT2D eigenvalue weighted by Gasteiger charge is 2.41. The summed E-state index contributed by atoms with van der Waals surface area (Å²) in [5.74, 6) is -4.11. The molecule has 0 bridgehead atoms. The van der Waals surface area contributed by atoms with Crippen LogP contribution in [0.15, 0.2) is 18.3 Å². The van der Waals surface area contributed by atoms with E-state index in [-0.39, 0.29) is 36.6 Å². The first-order chi connectivity index (χ1) is 11.4. The first-order valence-electron chi connectivity index (χ1n) is 7.62. The number of ether oxygens (including phenoxy) is 1. The van der Waals surface area contributed by atoms with Crippen molar-refractivity contribution in [2.24, 2.45) is 5.92 Å². The molecule has 5 nitrogen and oxygen atoms in total. The predicted octanol–water partition coefficient (Wildman–Crippen LogP) is 3.53. The summed E-state index contributed by atoms with van der Waals surface area (Å²) < 4.78 is 54.0. The largest absolute Gasteiger partial charge is 0.471 e. The molecule has 1 aliphatic rings. The van der Waals surface area contributed by atoms with Crippen LogP contribution in [-0.4, -0.2) is 42.9 Å². The average molecular weight is 422 g/mol. The number of nitrogens with one attached hydrogen (secondary N) is 2. The van der Waals surface area contributed by atoms with Gasteiger partial charge in [-0.3, -0.25) is 4.79 Å². The molecule has 0 radical (unpaired) electrons. The monoisotopic (exact) mass is 421 g/mol. The fourth-order valence-electron chi connectivity index (χ4n) is 2.29. The molecule has 150 valence electrons. The lowest BCUT2D eigenvalue weighted by atomic mass is 10.0. The first-order valence-corrected chi connectivity index (χ1v) is 7.62. The fraction of sp³-hybridized carbons (Fsp3) is 0.600. The quantitative estimate of drug-likeness (QED) is 0.630. The molecule has 0 spiro atoms. The summed E-state index contributed by atoms with van der Waals surface area (Å²) in [5.41, 5.74) is 0.387. The Bertz CT molecular complexity index is 544. The molecular formula is C15H21Cl2F4N3O2. The van der Waals surface area contributed by atoms with Crippen LogP contribution in [0.5, 0.6) is 5.88 Å². The second-order valence-electron chi connectivity index (χ2n) is 5.68. The van der Waals surface area contributed by atoms with E-state index in [9.17, 15) is 22.4 Å². The Morgan fingerprint density at radius 2 is 2.12 bits per heavy atom. The molecule has 1 aromatic heterocycles. The first kappa shape index (κ1) is 24.7. The molecule has 0 aromatic carbocycles. The molecule has 1 saturated heterocycles. The van der Waals surface area contributed by atoms with Crippen LogP contribution in [0.25, 0.3) is 0 Å². The van der Waals surface area contributed by atoms with Gasteiger partial charge >= 0.3 is 12.3 Å². The lowest BCUT2D eigenvalue weighted by Crippen LogP contribution is -2.33. The summed E-state index contributed by atoms with van der Waals surface area (Å²) in [5, 5.41) is 5.86. The normalized spacial score (nSPS) is 16.6. The van der Waals surface area contributed by atoms with E-state index >= 15 is 0 Å². The van der Waals surface area contributed by atoms with Crippen LogP contribution >= 0.6 is 24.8 Å². The van der Waals surface area contributed by atoms with Gasteiger partial charge in [0.1, 0.15) is 0 Å². The summed E-state index contributed by atoms with van der Waals surface area (Å²) in [6.07, 6.45) is -0.345. The summed E-state index contributed by atoms with van der Waals surface area (Å²) in [7, 11) is 0. The van der Waals surface area contributed by atoms with Crippen molar-refractivity contribution in [3.8, 4) is 5.88 Å². The van der Waals surface area contributed by atoms with Crippen LogP contribution < -0.4 is 15.4 Å². The van der Waals surface area contributed by atoms with Crippen molar-refractivity contribution in [2.45, 2.75) is 31.6 Å². The molecule has 1 atom stereocenters. The van der Waals surface area contributed by atoms with Crippen LogP contribution in [0, 0.1) is 5.92 Å². The number of carbonyl (C=O) groups is 1. The van der Waals surface area contributed by atoms with E-state index in [1.54, 1.807) is 0 Å². The molecule has 1 amide bonds. The molecular weight excluding hydrogens is 401 g/mol. The molecule has 0 aliphatic carbocycles. The van der Waals surface area contributed by atoms with Crippen molar-refractivity contribution in [3.63, 3.8) is 0 Å². The predicted molar refractivity (Wildman–Crippen MR) is 94.0 cm³/mol. The second-order valence-corrected chi connectivity index (χ2v) is 5.68. The Balaban J connectivity index is 0.00000312. The molecule has 1 aliphatic heterocycles.